The van der Waals surface area contributed by atoms with Crippen molar-refractivity contribution in [1.82, 2.24) is 4.98 Å². The van der Waals surface area contributed by atoms with Crippen molar-refractivity contribution in [2.24, 2.45) is 0 Å². The van der Waals surface area contributed by atoms with Gasteiger partial charge in [0.25, 0.3) is 0 Å². The number of para-hydroxylation sites is 1. The minimum Gasteiger partial charge on any atom is -0.326 e. The van der Waals surface area contributed by atoms with Gasteiger partial charge >= 0.3 is 0 Å². The van der Waals surface area contributed by atoms with Crippen LogP contribution in [0.3, 0.4) is 0 Å². The van der Waals surface area contributed by atoms with Crippen LogP contribution in [0.25, 0.3) is 0 Å². The molecule has 1 aromatic carbocycles. The standard InChI is InChI=1S/C15H16N2/c1-12-6-4-10-15(16-12)17-11-5-8-13-7-2-3-9-14(13)17/h2-4,6-7,9-10H,5,8,11H2,1H3. The summed E-state index contributed by atoms with van der Waals surface area (Å²) >= 11 is 0. The highest BCUT2D eigenvalue weighted by molar-refractivity contribution is 5.65. The second kappa shape index (κ2) is 4.21. The van der Waals surface area contributed by atoms with Crippen molar-refractivity contribution < 1.29 is 0 Å². The third-order valence-corrected chi connectivity index (χ3v) is 3.26. The second-order valence-electron chi connectivity index (χ2n) is 4.52. The molecule has 1 aromatic heterocycles. The number of fused-ring (bicyclic) bond motifs is 1. The average molecular weight is 224 g/mol. The molecular formula is C15H16N2. The van der Waals surface area contributed by atoms with Crippen LogP contribution in [-0.2, 0) is 6.42 Å². The molecule has 0 saturated carbocycles. The molecule has 2 heterocycles. The maximum absolute atomic E-state index is 4.62. The Morgan fingerprint density at radius 3 is 2.82 bits per heavy atom. The van der Waals surface area contributed by atoms with Crippen LogP contribution < -0.4 is 4.90 Å². The van der Waals surface area contributed by atoms with Crippen LogP contribution in [-0.4, -0.2) is 11.5 Å². The smallest absolute Gasteiger partial charge is 0.133 e. The van der Waals surface area contributed by atoms with E-state index in [1.54, 1.807) is 0 Å². The molecule has 3 rings (SSSR count). The van der Waals surface area contributed by atoms with Gasteiger partial charge in [-0.3, -0.25) is 0 Å². The summed E-state index contributed by atoms with van der Waals surface area (Å²) in [6, 6.07) is 14.8. The average Bonchev–Trinajstić information content (AvgIpc) is 2.38. The number of nitrogens with zero attached hydrogens (tertiary/aromatic N) is 2. The van der Waals surface area contributed by atoms with E-state index in [-0.39, 0.29) is 0 Å². The van der Waals surface area contributed by atoms with Crippen LogP contribution in [0.4, 0.5) is 11.5 Å². The van der Waals surface area contributed by atoms with E-state index in [0.29, 0.717) is 0 Å². The molecule has 17 heavy (non-hydrogen) atoms. The molecule has 0 amide bonds. The lowest BCUT2D eigenvalue weighted by molar-refractivity contribution is 0.758. The number of aromatic nitrogens is 1. The van der Waals surface area contributed by atoms with Crippen molar-refractivity contribution in [3.05, 3.63) is 53.7 Å². The SMILES string of the molecule is Cc1cccc(N2CCCc3ccccc32)n1. The Bertz CT molecular complexity index is 534. The van der Waals surface area contributed by atoms with Gasteiger partial charge in [0.05, 0.1) is 0 Å². The van der Waals surface area contributed by atoms with Crippen LogP contribution in [0.2, 0.25) is 0 Å². The fourth-order valence-electron chi connectivity index (χ4n) is 2.45. The van der Waals surface area contributed by atoms with E-state index >= 15 is 0 Å². The molecule has 0 fully saturated rings. The first-order chi connectivity index (χ1) is 8.34. The maximum atomic E-state index is 4.62. The monoisotopic (exact) mass is 224 g/mol. The lowest BCUT2D eigenvalue weighted by atomic mass is 10.0. The molecule has 0 spiro atoms. The third kappa shape index (κ3) is 1.91. The molecule has 2 heteroatoms. The first kappa shape index (κ1) is 10.3. The van der Waals surface area contributed by atoms with Crippen molar-refractivity contribution in [2.45, 2.75) is 19.8 Å². The van der Waals surface area contributed by atoms with E-state index in [9.17, 15) is 0 Å². The number of hydrogen-bond donors (Lipinski definition) is 0. The number of anilines is 2. The number of pyridine rings is 1. The first-order valence-electron chi connectivity index (χ1n) is 6.14. The van der Waals surface area contributed by atoms with E-state index in [0.717, 1.165) is 18.1 Å². The van der Waals surface area contributed by atoms with Gasteiger partial charge in [-0.25, -0.2) is 4.98 Å². The molecule has 0 N–H and O–H groups in total. The number of rotatable bonds is 1. The molecule has 0 saturated heterocycles. The fourth-order valence-corrected chi connectivity index (χ4v) is 2.45. The summed E-state index contributed by atoms with van der Waals surface area (Å²) < 4.78 is 0. The molecule has 2 nitrogen and oxygen atoms in total. The van der Waals surface area contributed by atoms with Crippen molar-refractivity contribution in [3.8, 4) is 0 Å². The third-order valence-electron chi connectivity index (χ3n) is 3.26. The van der Waals surface area contributed by atoms with Gasteiger partial charge in [-0.15, -0.1) is 0 Å². The minimum atomic E-state index is 1.06. The summed E-state index contributed by atoms with van der Waals surface area (Å²) in [6.45, 7) is 3.10. The zero-order chi connectivity index (χ0) is 11.7. The molecule has 0 bridgehead atoms. The molecule has 0 atom stereocenters. The molecule has 86 valence electrons. The Balaban J connectivity index is 2.06. The van der Waals surface area contributed by atoms with Crippen molar-refractivity contribution in [2.75, 3.05) is 11.4 Å². The Morgan fingerprint density at radius 2 is 1.94 bits per heavy atom. The van der Waals surface area contributed by atoms with Crippen LogP contribution in [0.15, 0.2) is 42.5 Å². The van der Waals surface area contributed by atoms with Gasteiger partial charge < -0.3 is 4.90 Å². The molecule has 0 aliphatic carbocycles. The van der Waals surface area contributed by atoms with E-state index in [1.165, 1.54) is 24.1 Å². The van der Waals surface area contributed by atoms with Gasteiger partial charge in [0.15, 0.2) is 0 Å². The predicted molar refractivity (Wildman–Crippen MR) is 70.7 cm³/mol. The quantitative estimate of drug-likeness (QED) is 0.737. The van der Waals surface area contributed by atoms with Gasteiger partial charge in [-0.2, -0.15) is 0 Å². The topological polar surface area (TPSA) is 16.1 Å². The van der Waals surface area contributed by atoms with Gasteiger partial charge in [0, 0.05) is 17.9 Å². The zero-order valence-corrected chi connectivity index (χ0v) is 10.1. The molecule has 1 aliphatic heterocycles. The normalized spacial score (nSPS) is 14.5. The Morgan fingerprint density at radius 1 is 1.06 bits per heavy atom. The largest absolute Gasteiger partial charge is 0.326 e. The number of hydrogen-bond acceptors (Lipinski definition) is 2. The van der Waals surface area contributed by atoms with Crippen LogP contribution in [0.5, 0.6) is 0 Å². The molecule has 1 aliphatic rings. The van der Waals surface area contributed by atoms with E-state index < -0.39 is 0 Å². The highest BCUT2D eigenvalue weighted by Gasteiger charge is 2.18. The summed E-state index contributed by atoms with van der Waals surface area (Å²) in [7, 11) is 0. The maximum Gasteiger partial charge on any atom is 0.133 e. The summed E-state index contributed by atoms with van der Waals surface area (Å²) in [5.74, 6) is 1.07. The Hall–Kier alpha value is -1.83. The summed E-state index contributed by atoms with van der Waals surface area (Å²) in [5.41, 5.74) is 3.82. The van der Waals surface area contributed by atoms with Crippen molar-refractivity contribution in [3.63, 3.8) is 0 Å². The van der Waals surface area contributed by atoms with Gasteiger partial charge in [-0.05, 0) is 43.5 Å². The van der Waals surface area contributed by atoms with Crippen LogP contribution in [0.1, 0.15) is 17.7 Å². The van der Waals surface area contributed by atoms with E-state index in [4.69, 9.17) is 0 Å². The minimum absolute atomic E-state index is 1.06. The van der Waals surface area contributed by atoms with Crippen molar-refractivity contribution >= 4 is 11.5 Å². The summed E-state index contributed by atoms with van der Waals surface area (Å²) in [4.78, 5) is 6.95. The molecular weight excluding hydrogens is 208 g/mol. The molecule has 0 radical (unpaired) electrons. The molecule has 0 unspecified atom stereocenters. The van der Waals surface area contributed by atoms with Gasteiger partial charge in [0.2, 0.25) is 0 Å². The Kier molecular flexibility index (Phi) is 2.56. The lowest BCUT2D eigenvalue weighted by Gasteiger charge is -2.30. The summed E-state index contributed by atoms with van der Waals surface area (Å²) in [5, 5.41) is 0. The van der Waals surface area contributed by atoms with Crippen molar-refractivity contribution in [1.29, 1.82) is 0 Å². The number of benzene rings is 1. The Labute approximate surface area is 102 Å². The first-order valence-corrected chi connectivity index (χ1v) is 6.14. The second-order valence-corrected chi connectivity index (χ2v) is 4.52. The predicted octanol–water partition coefficient (Wildman–Crippen LogP) is 3.47. The zero-order valence-electron chi connectivity index (χ0n) is 10.1. The molecule has 2 aromatic rings. The van der Waals surface area contributed by atoms with Crippen LogP contribution >= 0.6 is 0 Å². The number of aryl methyl sites for hydroxylation is 2. The highest BCUT2D eigenvalue weighted by atomic mass is 15.2. The highest BCUT2D eigenvalue weighted by Crippen LogP contribution is 2.31. The van der Waals surface area contributed by atoms with E-state index in [1.807, 2.05) is 13.0 Å². The van der Waals surface area contributed by atoms with Gasteiger partial charge in [0.1, 0.15) is 5.82 Å². The van der Waals surface area contributed by atoms with Crippen LogP contribution in [0, 0.1) is 6.92 Å². The fraction of sp³-hybridized carbons (Fsp3) is 0.267. The van der Waals surface area contributed by atoms with E-state index in [2.05, 4.69) is 46.3 Å². The summed E-state index contributed by atoms with van der Waals surface area (Å²) in [6.07, 6.45) is 2.38. The lowest BCUT2D eigenvalue weighted by Crippen LogP contribution is -2.25. The van der Waals surface area contributed by atoms with Gasteiger partial charge in [-0.1, -0.05) is 24.3 Å².